The topological polar surface area (TPSA) is 48.1 Å². The Bertz CT molecular complexity index is 602. The van der Waals surface area contributed by atoms with Crippen molar-refractivity contribution >= 4 is 17.4 Å². The van der Waals surface area contributed by atoms with Crippen molar-refractivity contribution in [1.82, 2.24) is 4.98 Å². The molecule has 3 nitrogen and oxygen atoms in total. The predicted octanol–water partition coefficient (Wildman–Crippen LogP) is 4.13. The van der Waals surface area contributed by atoms with Gasteiger partial charge in [0.1, 0.15) is 11.6 Å². The SMILES string of the molecule is Nc1cc(C(F)(F)F)cc(Oc2cccc(Cl)c2)n1. The molecule has 1 aromatic heterocycles. The summed E-state index contributed by atoms with van der Waals surface area (Å²) in [5.74, 6) is -0.236. The third-order valence-corrected chi connectivity index (χ3v) is 2.40. The van der Waals surface area contributed by atoms with E-state index in [1.807, 2.05) is 0 Å². The molecule has 0 fully saturated rings. The first kappa shape index (κ1) is 13.5. The van der Waals surface area contributed by atoms with Gasteiger partial charge in [-0.3, -0.25) is 0 Å². The van der Waals surface area contributed by atoms with Gasteiger partial charge in [-0.05, 0) is 24.3 Å². The van der Waals surface area contributed by atoms with E-state index in [2.05, 4.69) is 4.98 Å². The number of ether oxygens (including phenoxy) is 1. The Hall–Kier alpha value is -1.95. The lowest BCUT2D eigenvalue weighted by Gasteiger charge is -2.10. The van der Waals surface area contributed by atoms with Crippen LogP contribution in [0.4, 0.5) is 19.0 Å². The molecule has 0 atom stereocenters. The molecule has 2 rings (SSSR count). The number of hydrogen-bond donors (Lipinski definition) is 1. The first-order valence-electron chi connectivity index (χ1n) is 5.13. The number of benzene rings is 1. The van der Waals surface area contributed by atoms with E-state index in [1.54, 1.807) is 18.2 Å². The molecule has 2 aromatic rings. The van der Waals surface area contributed by atoms with Gasteiger partial charge in [0.2, 0.25) is 5.88 Å². The van der Waals surface area contributed by atoms with Crippen molar-refractivity contribution in [1.29, 1.82) is 0 Å². The van der Waals surface area contributed by atoms with Gasteiger partial charge in [-0.2, -0.15) is 18.2 Å². The zero-order valence-electron chi connectivity index (χ0n) is 9.41. The highest BCUT2D eigenvalue weighted by molar-refractivity contribution is 6.30. The number of nitrogens with two attached hydrogens (primary N) is 1. The van der Waals surface area contributed by atoms with Crippen LogP contribution in [-0.4, -0.2) is 4.98 Å². The summed E-state index contributed by atoms with van der Waals surface area (Å²) in [5, 5.41) is 0.400. The van der Waals surface area contributed by atoms with Crippen molar-refractivity contribution in [3.8, 4) is 11.6 Å². The average Bonchev–Trinajstić information content (AvgIpc) is 2.26. The molecule has 2 N–H and O–H groups in total. The number of aromatic nitrogens is 1. The lowest BCUT2D eigenvalue weighted by atomic mass is 10.2. The van der Waals surface area contributed by atoms with E-state index in [0.29, 0.717) is 5.02 Å². The van der Waals surface area contributed by atoms with Gasteiger partial charge in [0.05, 0.1) is 5.56 Å². The second kappa shape index (κ2) is 4.97. The molecule has 19 heavy (non-hydrogen) atoms. The lowest BCUT2D eigenvalue weighted by molar-refractivity contribution is -0.137. The van der Waals surface area contributed by atoms with E-state index in [-0.39, 0.29) is 17.4 Å². The Morgan fingerprint density at radius 3 is 2.53 bits per heavy atom. The normalized spacial score (nSPS) is 11.4. The highest BCUT2D eigenvalue weighted by Crippen LogP contribution is 2.33. The summed E-state index contributed by atoms with van der Waals surface area (Å²) < 4.78 is 43.0. The minimum absolute atomic E-state index is 0.241. The van der Waals surface area contributed by atoms with Crippen molar-refractivity contribution in [2.45, 2.75) is 6.18 Å². The Kier molecular flexibility index (Phi) is 3.53. The maximum absolute atomic E-state index is 12.6. The number of anilines is 1. The van der Waals surface area contributed by atoms with E-state index in [1.165, 1.54) is 6.07 Å². The van der Waals surface area contributed by atoms with Gasteiger partial charge in [-0.1, -0.05) is 17.7 Å². The number of rotatable bonds is 2. The van der Waals surface area contributed by atoms with E-state index in [9.17, 15) is 13.2 Å². The summed E-state index contributed by atoms with van der Waals surface area (Å²) in [7, 11) is 0. The summed E-state index contributed by atoms with van der Waals surface area (Å²) in [5.41, 5.74) is 4.40. The fourth-order valence-corrected chi connectivity index (χ4v) is 1.57. The molecule has 0 amide bonds. The molecule has 100 valence electrons. The molecular formula is C12H8ClF3N2O. The van der Waals surface area contributed by atoms with Crippen molar-refractivity contribution < 1.29 is 17.9 Å². The van der Waals surface area contributed by atoms with E-state index < -0.39 is 11.7 Å². The maximum Gasteiger partial charge on any atom is 0.416 e. The molecule has 0 radical (unpaired) electrons. The van der Waals surface area contributed by atoms with Crippen LogP contribution in [0.25, 0.3) is 0 Å². The van der Waals surface area contributed by atoms with E-state index in [4.69, 9.17) is 22.1 Å². The number of nitrogen functional groups attached to an aromatic ring is 1. The number of halogens is 4. The number of pyridine rings is 1. The van der Waals surface area contributed by atoms with Gasteiger partial charge in [0, 0.05) is 11.1 Å². The highest BCUT2D eigenvalue weighted by atomic mass is 35.5. The number of alkyl halides is 3. The summed E-state index contributed by atoms with van der Waals surface area (Å²) in [4.78, 5) is 3.68. The molecule has 7 heteroatoms. The number of hydrogen-bond acceptors (Lipinski definition) is 3. The highest BCUT2D eigenvalue weighted by Gasteiger charge is 2.31. The van der Waals surface area contributed by atoms with Gasteiger partial charge >= 0.3 is 6.18 Å². The zero-order valence-corrected chi connectivity index (χ0v) is 10.2. The molecule has 0 saturated carbocycles. The first-order valence-corrected chi connectivity index (χ1v) is 5.50. The average molecular weight is 289 g/mol. The minimum Gasteiger partial charge on any atom is -0.439 e. The van der Waals surface area contributed by atoms with E-state index >= 15 is 0 Å². The molecule has 1 aromatic carbocycles. The summed E-state index contributed by atoms with van der Waals surface area (Å²) in [6.07, 6.45) is -4.51. The van der Waals surface area contributed by atoms with Gasteiger partial charge in [-0.15, -0.1) is 0 Å². The Morgan fingerprint density at radius 2 is 1.89 bits per heavy atom. The van der Waals surface area contributed by atoms with Crippen molar-refractivity contribution in [3.63, 3.8) is 0 Å². The smallest absolute Gasteiger partial charge is 0.416 e. The van der Waals surface area contributed by atoms with Gasteiger partial charge in [0.15, 0.2) is 0 Å². The largest absolute Gasteiger partial charge is 0.439 e. The second-order valence-electron chi connectivity index (χ2n) is 3.68. The van der Waals surface area contributed by atoms with Crippen molar-refractivity contribution in [3.05, 3.63) is 47.0 Å². The van der Waals surface area contributed by atoms with E-state index in [0.717, 1.165) is 12.1 Å². The molecule has 0 bridgehead atoms. The van der Waals surface area contributed by atoms with Gasteiger partial charge in [0.25, 0.3) is 0 Å². The molecule has 0 unspecified atom stereocenters. The summed E-state index contributed by atoms with van der Waals surface area (Å²) in [6.45, 7) is 0. The van der Waals surface area contributed by atoms with Crippen LogP contribution in [0.5, 0.6) is 11.6 Å². The zero-order chi connectivity index (χ0) is 14.0. The number of nitrogens with zero attached hydrogens (tertiary/aromatic N) is 1. The summed E-state index contributed by atoms with van der Waals surface area (Å²) in [6, 6.07) is 7.74. The van der Waals surface area contributed by atoms with Crippen LogP contribution >= 0.6 is 11.6 Å². The predicted molar refractivity (Wildman–Crippen MR) is 65.2 cm³/mol. The fraction of sp³-hybridized carbons (Fsp3) is 0.0833. The molecule has 0 aliphatic carbocycles. The first-order chi connectivity index (χ1) is 8.84. The second-order valence-corrected chi connectivity index (χ2v) is 4.11. The summed E-state index contributed by atoms with van der Waals surface area (Å²) >= 11 is 5.74. The van der Waals surface area contributed by atoms with Crippen LogP contribution in [0, 0.1) is 0 Å². The fourth-order valence-electron chi connectivity index (χ4n) is 1.39. The van der Waals surface area contributed by atoms with Crippen LogP contribution in [0.2, 0.25) is 5.02 Å². The molecule has 0 aliphatic rings. The van der Waals surface area contributed by atoms with Crippen LogP contribution in [0.1, 0.15) is 5.56 Å². The monoisotopic (exact) mass is 288 g/mol. The standard InChI is InChI=1S/C12H8ClF3N2O/c13-8-2-1-3-9(6-8)19-11-5-7(12(14,15)16)4-10(17)18-11/h1-6H,(H2,17,18). The van der Waals surface area contributed by atoms with Gasteiger partial charge in [-0.25, -0.2) is 0 Å². The Balaban J connectivity index is 2.33. The Labute approximate surface area is 111 Å². The van der Waals surface area contributed by atoms with Crippen molar-refractivity contribution in [2.75, 3.05) is 5.73 Å². The minimum atomic E-state index is -4.51. The van der Waals surface area contributed by atoms with Crippen molar-refractivity contribution in [2.24, 2.45) is 0 Å². The lowest BCUT2D eigenvalue weighted by Crippen LogP contribution is -2.07. The van der Waals surface area contributed by atoms with Crippen LogP contribution < -0.4 is 10.5 Å². The molecule has 0 aliphatic heterocycles. The van der Waals surface area contributed by atoms with Crippen LogP contribution in [0.3, 0.4) is 0 Å². The maximum atomic E-state index is 12.6. The quantitative estimate of drug-likeness (QED) is 0.904. The molecular weight excluding hydrogens is 281 g/mol. The molecule has 0 spiro atoms. The third-order valence-electron chi connectivity index (χ3n) is 2.17. The third kappa shape index (κ3) is 3.51. The van der Waals surface area contributed by atoms with Crippen LogP contribution in [-0.2, 0) is 6.18 Å². The van der Waals surface area contributed by atoms with Gasteiger partial charge < -0.3 is 10.5 Å². The van der Waals surface area contributed by atoms with Crippen LogP contribution in [0.15, 0.2) is 36.4 Å². The Morgan fingerprint density at radius 1 is 1.16 bits per heavy atom. The molecule has 1 heterocycles. The molecule has 0 saturated heterocycles.